The minimum atomic E-state index is -3.71. The molecule has 0 saturated heterocycles. The Morgan fingerprint density at radius 3 is 2.55 bits per heavy atom. The average molecular weight is 200 g/mol. The molecule has 0 aliphatic rings. The summed E-state index contributed by atoms with van der Waals surface area (Å²) in [4.78, 5) is 27.5. The van der Waals surface area contributed by atoms with Crippen LogP contribution in [0.2, 0.25) is 0 Å². The number of ether oxygens (including phenoxy) is 1. The van der Waals surface area contributed by atoms with Gasteiger partial charge in [-0.05, 0) is 18.7 Å². The fourth-order valence-electron chi connectivity index (χ4n) is 0.339. The third-order valence-corrected chi connectivity index (χ3v) is 1.44. The second-order valence-electron chi connectivity index (χ2n) is 1.57. The molecule has 7 heteroatoms. The summed E-state index contributed by atoms with van der Waals surface area (Å²) in [7, 11) is 0. The molecule has 66 valence electrons. The minimum absolute atomic E-state index is 0.224. The van der Waals surface area contributed by atoms with Crippen molar-refractivity contribution < 1.29 is 23.8 Å². The molecule has 0 aromatic rings. The molecule has 0 amide bonds. The van der Waals surface area contributed by atoms with Crippen LogP contribution in [0, 0.1) is 0 Å². The standard InChI is InChI=1S/C4H9O5PS/c1-2-8-4(5)3-9-10(6,7)11/h2-3H2,1H3,(H2,6,7,11). The van der Waals surface area contributed by atoms with Crippen LogP contribution < -0.4 is 0 Å². The van der Waals surface area contributed by atoms with Crippen molar-refractivity contribution in [2.45, 2.75) is 6.92 Å². The minimum Gasteiger partial charge on any atom is -0.464 e. The molecule has 0 bridgehead atoms. The van der Waals surface area contributed by atoms with E-state index >= 15 is 0 Å². The van der Waals surface area contributed by atoms with Crippen LogP contribution in [0.15, 0.2) is 0 Å². The van der Waals surface area contributed by atoms with Gasteiger partial charge in [-0.3, -0.25) is 4.52 Å². The summed E-state index contributed by atoms with van der Waals surface area (Å²) in [6, 6.07) is 0. The molecule has 2 N–H and O–H groups in total. The molecule has 0 radical (unpaired) electrons. The van der Waals surface area contributed by atoms with E-state index in [1.54, 1.807) is 6.92 Å². The maximum atomic E-state index is 10.5. The lowest BCUT2D eigenvalue weighted by Gasteiger charge is -2.06. The van der Waals surface area contributed by atoms with Crippen LogP contribution >= 0.6 is 6.72 Å². The van der Waals surface area contributed by atoms with E-state index in [0.717, 1.165) is 0 Å². The largest absolute Gasteiger partial charge is 0.464 e. The van der Waals surface area contributed by atoms with Gasteiger partial charge in [0.2, 0.25) is 0 Å². The number of rotatable bonds is 4. The van der Waals surface area contributed by atoms with Crippen LogP contribution in [0.4, 0.5) is 0 Å². The summed E-state index contributed by atoms with van der Waals surface area (Å²) in [5.41, 5.74) is 0. The van der Waals surface area contributed by atoms with Crippen LogP contribution in [-0.4, -0.2) is 29.0 Å². The molecular weight excluding hydrogens is 191 g/mol. The second-order valence-corrected chi connectivity index (χ2v) is 4.24. The SMILES string of the molecule is CCOC(=O)COP(O)(O)=S. The van der Waals surface area contributed by atoms with Crippen LogP contribution in [0.3, 0.4) is 0 Å². The smallest absolute Gasteiger partial charge is 0.332 e. The van der Waals surface area contributed by atoms with Gasteiger partial charge >= 0.3 is 12.7 Å². The first kappa shape index (κ1) is 11.0. The Kier molecular flexibility index (Phi) is 4.79. The molecule has 0 fully saturated rings. The summed E-state index contributed by atoms with van der Waals surface area (Å²) >= 11 is 4.08. The van der Waals surface area contributed by atoms with Crippen molar-refractivity contribution in [2.75, 3.05) is 13.2 Å². The zero-order valence-electron chi connectivity index (χ0n) is 5.89. The van der Waals surface area contributed by atoms with Gasteiger partial charge in [-0.2, -0.15) is 0 Å². The zero-order valence-corrected chi connectivity index (χ0v) is 7.60. The first-order valence-electron chi connectivity index (χ1n) is 2.81. The molecule has 11 heavy (non-hydrogen) atoms. The van der Waals surface area contributed by atoms with Crippen LogP contribution in [-0.2, 0) is 25.9 Å². The first-order chi connectivity index (χ1) is 4.95. The van der Waals surface area contributed by atoms with Crippen molar-refractivity contribution in [3.63, 3.8) is 0 Å². The molecule has 5 nitrogen and oxygen atoms in total. The monoisotopic (exact) mass is 200 g/mol. The molecule has 0 saturated carbocycles. The predicted octanol–water partition coefficient (Wildman–Crippen LogP) is -0.225. The van der Waals surface area contributed by atoms with E-state index in [4.69, 9.17) is 9.79 Å². The van der Waals surface area contributed by atoms with E-state index < -0.39 is 19.3 Å². The molecule has 0 atom stereocenters. The van der Waals surface area contributed by atoms with Crippen molar-refractivity contribution >= 4 is 24.5 Å². The third kappa shape index (κ3) is 7.90. The maximum absolute atomic E-state index is 10.5. The number of hydrogen-bond donors (Lipinski definition) is 2. The highest BCUT2D eigenvalue weighted by Crippen LogP contribution is 2.35. The van der Waals surface area contributed by atoms with Crippen molar-refractivity contribution in [3.8, 4) is 0 Å². The topological polar surface area (TPSA) is 76.0 Å². The Morgan fingerprint density at radius 2 is 2.18 bits per heavy atom. The molecule has 0 heterocycles. The fraction of sp³-hybridized carbons (Fsp3) is 0.750. The van der Waals surface area contributed by atoms with E-state index in [9.17, 15) is 4.79 Å². The molecule has 0 aromatic carbocycles. The fourth-order valence-corrected chi connectivity index (χ4v) is 0.771. The summed E-state index contributed by atoms with van der Waals surface area (Å²) < 4.78 is 8.63. The second kappa shape index (κ2) is 4.79. The van der Waals surface area contributed by atoms with E-state index in [1.807, 2.05) is 0 Å². The van der Waals surface area contributed by atoms with Gasteiger partial charge in [-0.15, -0.1) is 0 Å². The quantitative estimate of drug-likeness (QED) is 0.482. The van der Waals surface area contributed by atoms with Crippen molar-refractivity contribution in [1.82, 2.24) is 0 Å². The normalized spacial score (nSPS) is 11.2. The highest BCUT2D eigenvalue weighted by molar-refractivity contribution is 8.06. The van der Waals surface area contributed by atoms with Gasteiger partial charge in [-0.1, -0.05) is 0 Å². The Bertz CT molecular complexity index is 175. The molecule has 0 unspecified atom stereocenters. The van der Waals surface area contributed by atoms with Crippen LogP contribution in [0.25, 0.3) is 0 Å². The lowest BCUT2D eigenvalue weighted by atomic mass is 10.7. The Balaban J connectivity index is 3.55. The molecular formula is C4H9O5PS. The van der Waals surface area contributed by atoms with Gasteiger partial charge in [0, 0.05) is 0 Å². The van der Waals surface area contributed by atoms with Crippen molar-refractivity contribution in [2.24, 2.45) is 0 Å². The first-order valence-corrected chi connectivity index (χ1v) is 5.44. The average Bonchev–Trinajstić information content (AvgIpc) is 1.83. The molecule has 0 aliphatic carbocycles. The van der Waals surface area contributed by atoms with Gasteiger partial charge in [0.25, 0.3) is 0 Å². The summed E-state index contributed by atoms with van der Waals surface area (Å²) in [6.07, 6.45) is 0. The highest BCUT2D eigenvalue weighted by Gasteiger charge is 2.11. The third-order valence-electron chi connectivity index (χ3n) is 0.656. The summed E-state index contributed by atoms with van der Waals surface area (Å²) in [5, 5.41) is 0. The van der Waals surface area contributed by atoms with E-state index in [1.165, 1.54) is 0 Å². The molecule has 0 aliphatic heterocycles. The van der Waals surface area contributed by atoms with E-state index in [-0.39, 0.29) is 6.61 Å². The van der Waals surface area contributed by atoms with Crippen molar-refractivity contribution in [3.05, 3.63) is 0 Å². The zero-order chi connectivity index (χ0) is 8.91. The van der Waals surface area contributed by atoms with Crippen molar-refractivity contribution in [1.29, 1.82) is 0 Å². The molecule has 0 rings (SSSR count). The Labute approximate surface area is 69.2 Å². The summed E-state index contributed by atoms with van der Waals surface area (Å²) in [5.74, 6) is -0.662. The molecule has 0 aromatic heterocycles. The van der Waals surface area contributed by atoms with Gasteiger partial charge in [-0.25, -0.2) is 4.79 Å². The van der Waals surface area contributed by atoms with E-state index in [2.05, 4.69) is 21.1 Å². The number of carbonyl (C=O) groups is 1. The molecule has 0 spiro atoms. The maximum Gasteiger partial charge on any atom is 0.332 e. The van der Waals surface area contributed by atoms with Gasteiger partial charge < -0.3 is 14.5 Å². The lowest BCUT2D eigenvalue weighted by molar-refractivity contribution is -0.145. The number of carbonyl (C=O) groups excluding carboxylic acids is 1. The Morgan fingerprint density at radius 1 is 1.64 bits per heavy atom. The number of hydrogen-bond acceptors (Lipinski definition) is 4. The van der Waals surface area contributed by atoms with E-state index in [0.29, 0.717) is 0 Å². The van der Waals surface area contributed by atoms with Gasteiger partial charge in [0.05, 0.1) is 6.61 Å². The summed E-state index contributed by atoms with van der Waals surface area (Å²) in [6.45, 7) is -2.37. The Hall–Kier alpha value is -0.0000000000000000833. The predicted molar refractivity (Wildman–Crippen MR) is 41.3 cm³/mol. The lowest BCUT2D eigenvalue weighted by Crippen LogP contribution is -2.11. The van der Waals surface area contributed by atoms with Crippen LogP contribution in [0.5, 0.6) is 0 Å². The van der Waals surface area contributed by atoms with Gasteiger partial charge in [0.15, 0.2) is 6.61 Å². The van der Waals surface area contributed by atoms with Gasteiger partial charge in [0.1, 0.15) is 0 Å². The number of esters is 1. The highest BCUT2D eigenvalue weighted by atomic mass is 32.5. The van der Waals surface area contributed by atoms with Crippen LogP contribution in [0.1, 0.15) is 6.92 Å².